The zero-order chi connectivity index (χ0) is 12.2. The van der Waals surface area contributed by atoms with Crippen LogP contribution >= 0.6 is 11.8 Å². The highest BCUT2D eigenvalue weighted by atomic mass is 32.2. The van der Waals surface area contributed by atoms with Crippen molar-refractivity contribution in [2.24, 2.45) is 5.73 Å². The van der Waals surface area contributed by atoms with Crippen LogP contribution in [0.4, 0.5) is 0 Å². The molecule has 0 rings (SSSR count). The zero-order valence-corrected chi connectivity index (χ0v) is 10.6. The van der Waals surface area contributed by atoms with Gasteiger partial charge in [-0.15, -0.1) is 0 Å². The number of amides is 1. The molecule has 0 radical (unpaired) electrons. The number of ether oxygens (including phenoxy) is 1. The van der Waals surface area contributed by atoms with Crippen LogP contribution in [0.3, 0.4) is 0 Å². The maximum atomic E-state index is 11.4. The molecule has 4 N–H and O–H groups in total. The van der Waals surface area contributed by atoms with Crippen molar-refractivity contribution in [3.8, 4) is 0 Å². The van der Waals surface area contributed by atoms with Crippen LogP contribution in [0.25, 0.3) is 0 Å². The molecule has 6 heteroatoms. The number of carbonyl (C=O) groups is 1. The molecule has 0 unspecified atom stereocenters. The van der Waals surface area contributed by atoms with Gasteiger partial charge >= 0.3 is 0 Å². The van der Waals surface area contributed by atoms with E-state index in [1.165, 1.54) is 0 Å². The van der Waals surface area contributed by atoms with Gasteiger partial charge in [0, 0.05) is 13.2 Å². The quantitative estimate of drug-likeness (QED) is 0.459. The maximum absolute atomic E-state index is 11.4. The minimum Gasteiger partial charge on any atom is -0.394 e. The number of aliphatic hydroxyl groups excluding tert-OH is 1. The lowest BCUT2D eigenvalue weighted by atomic mass is 10.2. The summed E-state index contributed by atoms with van der Waals surface area (Å²) in [4.78, 5) is 11.4. The first-order valence-electron chi connectivity index (χ1n) is 5.43. The molecule has 0 saturated heterocycles. The molecule has 16 heavy (non-hydrogen) atoms. The number of carbonyl (C=O) groups excluding carboxylic acids is 1. The number of hydrogen-bond donors (Lipinski definition) is 3. The third-order valence-corrected chi connectivity index (χ3v) is 2.61. The lowest BCUT2D eigenvalue weighted by molar-refractivity contribution is -0.122. The Morgan fingerprint density at radius 3 is 2.94 bits per heavy atom. The summed E-state index contributed by atoms with van der Waals surface area (Å²) in [5, 5.41) is 11.2. The van der Waals surface area contributed by atoms with E-state index in [0.717, 1.165) is 12.2 Å². The molecule has 5 nitrogen and oxygen atoms in total. The highest BCUT2D eigenvalue weighted by Gasteiger charge is 2.11. The molecule has 0 aromatic carbocycles. The summed E-state index contributed by atoms with van der Waals surface area (Å²) < 4.78 is 5.05. The van der Waals surface area contributed by atoms with Crippen molar-refractivity contribution in [1.29, 1.82) is 0 Å². The Morgan fingerprint density at radius 1 is 1.56 bits per heavy atom. The van der Waals surface area contributed by atoms with Gasteiger partial charge in [0.1, 0.15) is 0 Å². The van der Waals surface area contributed by atoms with Crippen molar-refractivity contribution in [2.75, 3.05) is 38.4 Å². The van der Waals surface area contributed by atoms with E-state index in [4.69, 9.17) is 15.6 Å². The second-order valence-corrected chi connectivity index (χ2v) is 4.35. The fourth-order valence-corrected chi connectivity index (χ4v) is 1.55. The Balaban J connectivity index is 3.35. The van der Waals surface area contributed by atoms with Crippen LogP contribution in [0.1, 0.15) is 12.8 Å². The summed E-state index contributed by atoms with van der Waals surface area (Å²) in [5.41, 5.74) is 5.68. The van der Waals surface area contributed by atoms with E-state index in [-0.39, 0.29) is 12.5 Å². The van der Waals surface area contributed by atoms with Gasteiger partial charge in [0.2, 0.25) is 5.91 Å². The third kappa shape index (κ3) is 8.96. The highest BCUT2D eigenvalue weighted by Crippen LogP contribution is 1.98. The average Bonchev–Trinajstić information content (AvgIpc) is 2.30. The first-order chi connectivity index (χ1) is 7.72. The van der Waals surface area contributed by atoms with E-state index in [1.807, 2.05) is 6.26 Å². The molecule has 0 heterocycles. The molecule has 0 spiro atoms. The van der Waals surface area contributed by atoms with Crippen LogP contribution in [-0.4, -0.2) is 55.4 Å². The van der Waals surface area contributed by atoms with E-state index in [2.05, 4.69) is 5.32 Å². The number of aliphatic hydroxyl groups is 1. The summed E-state index contributed by atoms with van der Waals surface area (Å²) >= 11 is 1.68. The minimum absolute atomic E-state index is 0.0336. The minimum atomic E-state index is -0.411. The van der Waals surface area contributed by atoms with E-state index < -0.39 is 6.04 Å². The van der Waals surface area contributed by atoms with Gasteiger partial charge in [-0.25, -0.2) is 0 Å². The summed E-state index contributed by atoms with van der Waals surface area (Å²) in [5.74, 6) is 0.796. The van der Waals surface area contributed by atoms with Gasteiger partial charge in [-0.05, 0) is 24.9 Å². The molecule has 0 aliphatic rings. The molecule has 1 amide bonds. The Bertz CT molecular complexity index is 181. The topological polar surface area (TPSA) is 84.6 Å². The second kappa shape index (κ2) is 11.2. The Labute approximate surface area is 101 Å². The molecule has 0 saturated carbocycles. The summed E-state index contributed by atoms with van der Waals surface area (Å²) in [6.07, 6.45) is 3.43. The highest BCUT2D eigenvalue weighted by molar-refractivity contribution is 7.98. The predicted octanol–water partition coefficient (Wildman–Crippen LogP) is -0.418. The fraction of sp³-hybridized carbons (Fsp3) is 0.900. The van der Waals surface area contributed by atoms with E-state index in [9.17, 15) is 4.79 Å². The largest absolute Gasteiger partial charge is 0.394 e. The fourth-order valence-electron chi connectivity index (χ4n) is 1.06. The number of thioether (sulfide) groups is 1. The normalized spacial score (nSPS) is 12.4. The van der Waals surface area contributed by atoms with Crippen LogP contribution in [0.15, 0.2) is 0 Å². The molecule has 0 aromatic rings. The van der Waals surface area contributed by atoms with Gasteiger partial charge in [-0.1, -0.05) is 0 Å². The smallest absolute Gasteiger partial charge is 0.236 e. The first-order valence-corrected chi connectivity index (χ1v) is 6.82. The number of hydrogen-bond acceptors (Lipinski definition) is 5. The van der Waals surface area contributed by atoms with Crippen LogP contribution in [0, 0.1) is 0 Å². The van der Waals surface area contributed by atoms with E-state index in [0.29, 0.717) is 26.2 Å². The average molecular weight is 250 g/mol. The Kier molecular flexibility index (Phi) is 11.0. The number of nitrogens with one attached hydrogen (secondary N) is 1. The van der Waals surface area contributed by atoms with Crippen LogP contribution in [-0.2, 0) is 9.53 Å². The maximum Gasteiger partial charge on any atom is 0.236 e. The molecule has 0 bridgehead atoms. The second-order valence-electron chi connectivity index (χ2n) is 3.37. The van der Waals surface area contributed by atoms with Crippen molar-refractivity contribution in [1.82, 2.24) is 5.32 Å². The van der Waals surface area contributed by atoms with Crippen LogP contribution in [0.5, 0.6) is 0 Å². The third-order valence-electron chi connectivity index (χ3n) is 1.97. The van der Waals surface area contributed by atoms with Gasteiger partial charge in [0.15, 0.2) is 0 Å². The number of nitrogens with two attached hydrogens (primary N) is 1. The van der Waals surface area contributed by atoms with Crippen LogP contribution in [0.2, 0.25) is 0 Å². The van der Waals surface area contributed by atoms with Gasteiger partial charge in [-0.2, -0.15) is 11.8 Å². The molecular formula is C10H22N2O3S. The number of rotatable bonds is 10. The summed E-state index contributed by atoms with van der Waals surface area (Å²) in [7, 11) is 0. The van der Waals surface area contributed by atoms with Gasteiger partial charge < -0.3 is 20.9 Å². The summed E-state index contributed by atoms with van der Waals surface area (Å²) in [6.45, 7) is 1.49. The monoisotopic (exact) mass is 250 g/mol. The first kappa shape index (κ1) is 15.7. The van der Waals surface area contributed by atoms with Crippen molar-refractivity contribution >= 4 is 17.7 Å². The van der Waals surface area contributed by atoms with Gasteiger partial charge in [-0.3, -0.25) is 4.79 Å². The summed E-state index contributed by atoms with van der Waals surface area (Å²) in [6, 6.07) is -0.411. The van der Waals surface area contributed by atoms with Crippen molar-refractivity contribution in [3.05, 3.63) is 0 Å². The van der Waals surface area contributed by atoms with E-state index in [1.54, 1.807) is 11.8 Å². The predicted molar refractivity (Wildman–Crippen MR) is 66.5 cm³/mol. The SMILES string of the molecule is CSCC[C@@H](N)C(=O)NCCCOCCO. The lowest BCUT2D eigenvalue weighted by Crippen LogP contribution is -2.41. The zero-order valence-electron chi connectivity index (χ0n) is 9.78. The molecule has 0 aromatic heterocycles. The van der Waals surface area contributed by atoms with Gasteiger partial charge in [0.25, 0.3) is 0 Å². The van der Waals surface area contributed by atoms with Crippen molar-refractivity contribution < 1.29 is 14.6 Å². The van der Waals surface area contributed by atoms with E-state index >= 15 is 0 Å². The van der Waals surface area contributed by atoms with Crippen LogP contribution < -0.4 is 11.1 Å². The lowest BCUT2D eigenvalue weighted by Gasteiger charge is -2.11. The molecule has 0 aliphatic heterocycles. The van der Waals surface area contributed by atoms with Gasteiger partial charge in [0.05, 0.1) is 19.3 Å². The molecule has 1 atom stereocenters. The van der Waals surface area contributed by atoms with Crippen molar-refractivity contribution in [2.45, 2.75) is 18.9 Å². The Hall–Kier alpha value is -0.300. The standard InChI is InChI=1S/C10H22N2O3S/c1-16-8-3-9(11)10(14)12-4-2-6-15-7-5-13/h9,13H,2-8,11H2,1H3,(H,12,14)/t9-/m1/s1. The van der Waals surface area contributed by atoms with Crippen molar-refractivity contribution in [3.63, 3.8) is 0 Å². The molecule has 0 fully saturated rings. The molecule has 96 valence electrons. The molecule has 0 aliphatic carbocycles. The Morgan fingerprint density at radius 2 is 2.31 bits per heavy atom. The molecular weight excluding hydrogens is 228 g/mol.